The molecule has 0 radical (unpaired) electrons. The van der Waals surface area contributed by atoms with Gasteiger partial charge in [-0.1, -0.05) is 38.1 Å². The first-order valence-corrected chi connectivity index (χ1v) is 9.12. The highest BCUT2D eigenvalue weighted by Crippen LogP contribution is 2.23. The first-order valence-electron chi connectivity index (χ1n) is 9.12. The number of anilines is 2. The van der Waals surface area contributed by atoms with Gasteiger partial charge in [0.25, 0.3) is 0 Å². The lowest BCUT2D eigenvalue weighted by atomic mass is 9.92. The second-order valence-electron chi connectivity index (χ2n) is 7.98. The van der Waals surface area contributed by atoms with Crippen molar-refractivity contribution in [2.75, 3.05) is 42.9 Å². The molecular formula is C20H28N4O2. The minimum Gasteiger partial charge on any atom is -0.369 e. The summed E-state index contributed by atoms with van der Waals surface area (Å²) in [5.74, 6) is 0.351. The molecule has 6 nitrogen and oxygen atoms in total. The number of nitrogens with one attached hydrogen (secondary N) is 1. The molecule has 0 aliphatic carbocycles. The van der Waals surface area contributed by atoms with Gasteiger partial charge in [0.05, 0.1) is 12.2 Å². The van der Waals surface area contributed by atoms with Gasteiger partial charge in [-0.25, -0.2) is 0 Å². The van der Waals surface area contributed by atoms with E-state index in [1.165, 1.54) is 11.3 Å². The molecule has 6 heteroatoms. The average molecular weight is 356 g/mol. The monoisotopic (exact) mass is 356 g/mol. The Morgan fingerprint density at radius 1 is 1.19 bits per heavy atom. The van der Waals surface area contributed by atoms with E-state index in [2.05, 4.69) is 72.2 Å². The average Bonchev–Trinajstić information content (AvgIpc) is 3.04. The van der Waals surface area contributed by atoms with Gasteiger partial charge in [-0.2, -0.15) is 0 Å². The van der Waals surface area contributed by atoms with Crippen molar-refractivity contribution in [3.05, 3.63) is 41.6 Å². The lowest BCUT2D eigenvalue weighted by Gasteiger charge is -2.35. The molecule has 1 aromatic heterocycles. The fourth-order valence-corrected chi connectivity index (χ4v) is 3.06. The molecule has 0 atom stereocenters. The highest BCUT2D eigenvalue weighted by molar-refractivity contribution is 5.91. The molecule has 140 valence electrons. The van der Waals surface area contributed by atoms with Crippen molar-refractivity contribution in [3.8, 4) is 0 Å². The van der Waals surface area contributed by atoms with E-state index >= 15 is 0 Å². The second kappa shape index (κ2) is 7.50. The zero-order valence-corrected chi connectivity index (χ0v) is 16.1. The van der Waals surface area contributed by atoms with Crippen LogP contribution < -0.4 is 10.2 Å². The molecule has 0 saturated carbocycles. The molecule has 0 bridgehead atoms. The van der Waals surface area contributed by atoms with Gasteiger partial charge in [0.15, 0.2) is 0 Å². The fourth-order valence-electron chi connectivity index (χ4n) is 3.06. The Morgan fingerprint density at radius 3 is 2.54 bits per heavy atom. The zero-order valence-electron chi connectivity index (χ0n) is 16.1. The van der Waals surface area contributed by atoms with Gasteiger partial charge in [-0.15, -0.1) is 0 Å². The first kappa shape index (κ1) is 18.5. The number of rotatable bonds is 4. The molecule has 1 aromatic carbocycles. The molecule has 1 aliphatic heterocycles. The predicted molar refractivity (Wildman–Crippen MR) is 104 cm³/mol. The van der Waals surface area contributed by atoms with Crippen LogP contribution in [0.15, 0.2) is 34.9 Å². The van der Waals surface area contributed by atoms with Crippen molar-refractivity contribution in [1.29, 1.82) is 0 Å². The number of hydrogen-bond donors (Lipinski definition) is 1. The Balaban J connectivity index is 1.48. The molecule has 2 aromatic rings. The molecule has 0 unspecified atom stereocenters. The Morgan fingerprint density at radius 2 is 1.92 bits per heavy atom. The summed E-state index contributed by atoms with van der Waals surface area (Å²) >= 11 is 0. The number of amides is 1. The van der Waals surface area contributed by atoms with Crippen LogP contribution in [-0.4, -0.2) is 48.7 Å². The molecule has 2 heterocycles. The molecule has 1 aliphatic rings. The highest BCUT2D eigenvalue weighted by Gasteiger charge is 2.22. The summed E-state index contributed by atoms with van der Waals surface area (Å²) in [5.41, 5.74) is 3.26. The van der Waals surface area contributed by atoms with Crippen LogP contribution in [0.2, 0.25) is 0 Å². The van der Waals surface area contributed by atoms with Crippen LogP contribution >= 0.6 is 0 Å². The lowest BCUT2D eigenvalue weighted by Crippen LogP contribution is -2.48. The van der Waals surface area contributed by atoms with E-state index in [0.29, 0.717) is 12.4 Å². The Kier molecular flexibility index (Phi) is 5.32. The van der Waals surface area contributed by atoms with E-state index in [1.807, 2.05) is 0 Å². The van der Waals surface area contributed by atoms with Crippen LogP contribution in [0.1, 0.15) is 32.0 Å². The van der Waals surface area contributed by atoms with E-state index in [4.69, 9.17) is 4.52 Å². The third-order valence-corrected chi connectivity index (χ3v) is 4.65. The van der Waals surface area contributed by atoms with E-state index in [9.17, 15) is 4.79 Å². The maximum Gasteiger partial charge on any atom is 0.240 e. The summed E-state index contributed by atoms with van der Waals surface area (Å²) in [6.45, 7) is 12.2. The van der Waals surface area contributed by atoms with Crippen LogP contribution in [0.25, 0.3) is 0 Å². The SMILES string of the molecule is Cc1cccc(N2CCN(CC(=O)Nc3cc(C(C)(C)C)no3)CC2)c1. The smallest absolute Gasteiger partial charge is 0.240 e. The number of aromatic nitrogens is 1. The molecule has 1 amide bonds. The van der Waals surface area contributed by atoms with Gasteiger partial charge in [0.2, 0.25) is 11.8 Å². The summed E-state index contributed by atoms with van der Waals surface area (Å²) in [5, 5.41) is 6.84. The van der Waals surface area contributed by atoms with Crippen molar-refractivity contribution in [1.82, 2.24) is 10.1 Å². The quantitative estimate of drug-likeness (QED) is 0.912. The molecular weight excluding hydrogens is 328 g/mol. The molecule has 1 saturated heterocycles. The van der Waals surface area contributed by atoms with Gasteiger partial charge in [-0.3, -0.25) is 15.0 Å². The third-order valence-electron chi connectivity index (χ3n) is 4.65. The maximum atomic E-state index is 12.3. The standard InChI is InChI=1S/C20H28N4O2/c1-15-6-5-7-16(12-15)24-10-8-23(9-11-24)14-18(25)21-19-13-17(22-26-19)20(2,3)4/h5-7,12-13H,8-11,14H2,1-4H3,(H,21,25). The molecule has 0 spiro atoms. The van der Waals surface area contributed by atoms with Gasteiger partial charge in [-0.05, 0) is 24.6 Å². The normalized spacial score (nSPS) is 15.9. The topological polar surface area (TPSA) is 61.6 Å². The van der Waals surface area contributed by atoms with Crippen LogP contribution in [0, 0.1) is 6.92 Å². The Labute approximate surface area is 155 Å². The third kappa shape index (κ3) is 4.64. The zero-order chi connectivity index (χ0) is 18.7. The van der Waals surface area contributed by atoms with Gasteiger partial charge >= 0.3 is 0 Å². The first-order chi connectivity index (χ1) is 12.3. The van der Waals surface area contributed by atoms with Crippen molar-refractivity contribution >= 4 is 17.5 Å². The second-order valence-corrected chi connectivity index (χ2v) is 7.98. The summed E-state index contributed by atoms with van der Waals surface area (Å²) < 4.78 is 5.23. The van der Waals surface area contributed by atoms with E-state index in [-0.39, 0.29) is 11.3 Å². The van der Waals surface area contributed by atoms with Crippen LogP contribution in [-0.2, 0) is 10.2 Å². The minimum absolute atomic E-state index is 0.0642. The Hall–Kier alpha value is -2.34. The number of carbonyl (C=O) groups is 1. The molecule has 3 rings (SSSR count). The maximum absolute atomic E-state index is 12.3. The number of hydrogen-bond acceptors (Lipinski definition) is 5. The minimum atomic E-state index is -0.0986. The summed E-state index contributed by atoms with van der Waals surface area (Å²) in [6.07, 6.45) is 0. The van der Waals surface area contributed by atoms with E-state index < -0.39 is 0 Å². The number of nitrogens with zero attached hydrogens (tertiary/aromatic N) is 3. The number of piperazine rings is 1. The van der Waals surface area contributed by atoms with Crippen LogP contribution in [0.4, 0.5) is 11.6 Å². The van der Waals surface area contributed by atoms with Crippen LogP contribution in [0.3, 0.4) is 0 Å². The van der Waals surface area contributed by atoms with E-state index in [1.54, 1.807) is 6.07 Å². The largest absolute Gasteiger partial charge is 0.369 e. The molecule has 26 heavy (non-hydrogen) atoms. The summed E-state index contributed by atoms with van der Waals surface area (Å²) in [4.78, 5) is 16.8. The van der Waals surface area contributed by atoms with Gasteiger partial charge in [0, 0.05) is 43.3 Å². The molecule has 1 N–H and O–H groups in total. The van der Waals surface area contributed by atoms with Crippen molar-refractivity contribution in [2.45, 2.75) is 33.1 Å². The number of benzene rings is 1. The number of aryl methyl sites for hydroxylation is 1. The van der Waals surface area contributed by atoms with Crippen molar-refractivity contribution in [3.63, 3.8) is 0 Å². The van der Waals surface area contributed by atoms with Gasteiger partial charge in [0.1, 0.15) is 0 Å². The molecule has 1 fully saturated rings. The van der Waals surface area contributed by atoms with Crippen molar-refractivity contribution in [2.24, 2.45) is 0 Å². The fraction of sp³-hybridized carbons (Fsp3) is 0.500. The lowest BCUT2D eigenvalue weighted by molar-refractivity contribution is -0.117. The summed E-state index contributed by atoms with van der Waals surface area (Å²) in [7, 11) is 0. The van der Waals surface area contributed by atoms with Crippen LogP contribution in [0.5, 0.6) is 0 Å². The van der Waals surface area contributed by atoms with E-state index in [0.717, 1.165) is 31.9 Å². The summed E-state index contributed by atoms with van der Waals surface area (Å²) in [6, 6.07) is 10.4. The highest BCUT2D eigenvalue weighted by atomic mass is 16.5. The Bertz CT molecular complexity index is 755. The number of carbonyl (C=O) groups excluding carboxylic acids is 1. The predicted octanol–water partition coefficient (Wildman–Crippen LogP) is 3.04. The van der Waals surface area contributed by atoms with Crippen molar-refractivity contribution < 1.29 is 9.32 Å². The van der Waals surface area contributed by atoms with Gasteiger partial charge < -0.3 is 9.42 Å².